The Morgan fingerprint density at radius 2 is 2.07 bits per heavy atom. The normalized spacial score (nSPS) is 16.5. The van der Waals surface area contributed by atoms with Crippen LogP contribution in [0.4, 0.5) is 17.3 Å². The SMILES string of the molecule is COc1c(N)ncnc1N[C@H]1CCCN(C(=O)CNc2cc(Cl)cc(Cl)c2)C1. The van der Waals surface area contributed by atoms with E-state index in [1.807, 2.05) is 4.90 Å². The van der Waals surface area contributed by atoms with Gasteiger partial charge in [0.1, 0.15) is 6.33 Å². The summed E-state index contributed by atoms with van der Waals surface area (Å²) in [7, 11) is 1.52. The zero-order valence-corrected chi connectivity index (χ0v) is 16.9. The average Bonchev–Trinajstić information content (AvgIpc) is 2.66. The Kier molecular flexibility index (Phi) is 6.64. The summed E-state index contributed by atoms with van der Waals surface area (Å²) in [4.78, 5) is 22.6. The molecule has 1 aromatic heterocycles. The Morgan fingerprint density at radius 3 is 2.79 bits per heavy atom. The van der Waals surface area contributed by atoms with Crippen LogP contribution in [0.2, 0.25) is 10.0 Å². The van der Waals surface area contributed by atoms with Crippen molar-refractivity contribution in [1.82, 2.24) is 14.9 Å². The van der Waals surface area contributed by atoms with Crippen LogP contribution in [0.5, 0.6) is 5.75 Å². The number of methoxy groups -OCH3 is 1. The zero-order valence-electron chi connectivity index (χ0n) is 15.4. The van der Waals surface area contributed by atoms with Gasteiger partial charge in [0, 0.05) is 34.9 Å². The number of nitrogens with zero attached hydrogens (tertiary/aromatic N) is 3. The molecule has 0 radical (unpaired) electrons. The highest BCUT2D eigenvalue weighted by Crippen LogP contribution is 2.28. The lowest BCUT2D eigenvalue weighted by molar-refractivity contribution is -0.130. The van der Waals surface area contributed by atoms with Gasteiger partial charge < -0.3 is 26.0 Å². The molecule has 150 valence electrons. The van der Waals surface area contributed by atoms with E-state index in [-0.39, 0.29) is 24.3 Å². The van der Waals surface area contributed by atoms with E-state index in [2.05, 4.69) is 20.6 Å². The van der Waals surface area contributed by atoms with Gasteiger partial charge >= 0.3 is 0 Å². The molecule has 0 unspecified atom stereocenters. The number of nitrogens with one attached hydrogen (secondary N) is 2. The summed E-state index contributed by atoms with van der Waals surface area (Å²) >= 11 is 12.0. The number of carbonyl (C=O) groups is 1. The van der Waals surface area contributed by atoms with Crippen molar-refractivity contribution in [2.45, 2.75) is 18.9 Å². The number of nitrogen functional groups attached to an aromatic ring is 1. The fraction of sp³-hybridized carbons (Fsp3) is 0.389. The van der Waals surface area contributed by atoms with Gasteiger partial charge in [-0.05, 0) is 31.0 Å². The lowest BCUT2D eigenvalue weighted by atomic mass is 10.1. The minimum Gasteiger partial charge on any atom is -0.490 e. The maximum Gasteiger partial charge on any atom is 0.241 e. The largest absolute Gasteiger partial charge is 0.490 e. The van der Waals surface area contributed by atoms with Crippen LogP contribution < -0.4 is 21.1 Å². The minimum atomic E-state index is -0.00300. The van der Waals surface area contributed by atoms with E-state index >= 15 is 0 Å². The number of rotatable bonds is 6. The highest BCUT2D eigenvalue weighted by molar-refractivity contribution is 6.35. The minimum absolute atomic E-state index is 0.00300. The Balaban J connectivity index is 1.58. The van der Waals surface area contributed by atoms with E-state index in [0.717, 1.165) is 12.8 Å². The molecular formula is C18H22Cl2N6O2. The Hall–Kier alpha value is -2.45. The van der Waals surface area contributed by atoms with E-state index in [4.69, 9.17) is 33.7 Å². The van der Waals surface area contributed by atoms with Crippen molar-refractivity contribution in [3.63, 3.8) is 0 Å². The van der Waals surface area contributed by atoms with Crippen molar-refractivity contribution in [2.75, 3.05) is 43.1 Å². The number of hydrogen-bond acceptors (Lipinski definition) is 7. The second-order valence-electron chi connectivity index (χ2n) is 6.48. The van der Waals surface area contributed by atoms with Gasteiger partial charge in [0.2, 0.25) is 11.7 Å². The molecule has 10 heteroatoms. The summed E-state index contributed by atoms with van der Waals surface area (Å²) in [6, 6.07) is 5.15. The van der Waals surface area contributed by atoms with Gasteiger partial charge in [-0.25, -0.2) is 9.97 Å². The number of piperidine rings is 1. The number of halogens is 2. The van der Waals surface area contributed by atoms with E-state index < -0.39 is 0 Å². The molecule has 2 heterocycles. The van der Waals surface area contributed by atoms with Crippen molar-refractivity contribution in [3.05, 3.63) is 34.6 Å². The second-order valence-corrected chi connectivity index (χ2v) is 7.35. The molecule has 1 aliphatic rings. The summed E-state index contributed by atoms with van der Waals surface area (Å²) in [5.74, 6) is 1.20. The number of anilines is 3. The molecule has 1 aromatic carbocycles. The van der Waals surface area contributed by atoms with E-state index in [1.165, 1.54) is 13.4 Å². The van der Waals surface area contributed by atoms with Gasteiger partial charge in [-0.2, -0.15) is 0 Å². The number of likely N-dealkylation sites (tertiary alicyclic amines) is 1. The molecule has 4 N–H and O–H groups in total. The standard InChI is InChI=1S/C18H22Cl2N6O2/c1-28-16-17(21)23-10-24-18(16)25-13-3-2-4-26(9-13)15(27)8-22-14-6-11(19)5-12(20)7-14/h5-7,10,13,22H,2-4,8-9H2,1H3,(H3,21,23,24,25)/t13-/m0/s1. The van der Waals surface area contributed by atoms with Crippen LogP contribution in [-0.2, 0) is 4.79 Å². The molecule has 3 rings (SSSR count). The molecule has 0 aliphatic carbocycles. The fourth-order valence-corrected chi connectivity index (χ4v) is 3.68. The van der Waals surface area contributed by atoms with Gasteiger partial charge in [0.15, 0.2) is 11.6 Å². The predicted molar refractivity (Wildman–Crippen MR) is 111 cm³/mol. The van der Waals surface area contributed by atoms with E-state index in [9.17, 15) is 4.79 Å². The first kappa shape index (κ1) is 20.3. The molecule has 28 heavy (non-hydrogen) atoms. The van der Waals surface area contributed by atoms with E-state index in [0.29, 0.717) is 40.4 Å². The Morgan fingerprint density at radius 1 is 1.32 bits per heavy atom. The number of aromatic nitrogens is 2. The lowest BCUT2D eigenvalue weighted by Crippen LogP contribution is -2.47. The molecule has 1 saturated heterocycles. The molecule has 0 spiro atoms. The quantitative estimate of drug-likeness (QED) is 0.654. The first-order valence-corrected chi connectivity index (χ1v) is 9.60. The Bertz CT molecular complexity index is 831. The summed E-state index contributed by atoms with van der Waals surface area (Å²) in [5.41, 5.74) is 6.53. The molecule has 1 fully saturated rings. The molecule has 1 atom stereocenters. The summed E-state index contributed by atoms with van der Waals surface area (Å²) < 4.78 is 5.27. The van der Waals surface area contributed by atoms with Gasteiger partial charge in [-0.15, -0.1) is 0 Å². The average molecular weight is 425 g/mol. The van der Waals surface area contributed by atoms with Crippen LogP contribution in [0.1, 0.15) is 12.8 Å². The van der Waals surface area contributed by atoms with Crippen LogP contribution >= 0.6 is 23.2 Å². The zero-order chi connectivity index (χ0) is 20.1. The van der Waals surface area contributed by atoms with Crippen LogP contribution in [0, 0.1) is 0 Å². The van der Waals surface area contributed by atoms with Crippen LogP contribution in [-0.4, -0.2) is 53.6 Å². The highest BCUT2D eigenvalue weighted by atomic mass is 35.5. The van der Waals surface area contributed by atoms with Crippen LogP contribution in [0.25, 0.3) is 0 Å². The fourth-order valence-electron chi connectivity index (χ4n) is 3.15. The molecule has 0 saturated carbocycles. The lowest BCUT2D eigenvalue weighted by Gasteiger charge is -2.33. The van der Waals surface area contributed by atoms with Gasteiger partial charge in [0.25, 0.3) is 0 Å². The maximum atomic E-state index is 12.6. The van der Waals surface area contributed by atoms with Crippen molar-refractivity contribution in [1.29, 1.82) is 0 Å². The molecular weight excluding hydrogens is 403 g/mol. The van der Waals surface area contributed by atoms with Crippen LogP contribution in [0.15, 0.2) is 24.5 Å². The molecule has 0 bridgehead atoms. The monoisotopic (exact) mass is 424 g/mol. The third-order valence-electron chi connectivity index (χ3n) is 4.46. The summed E-state index contributed by atoms with van der Waals surface area (Å²) in [6.07, 6.45) is 3.18. The highest BCUT2D eigenvalue weighted by Gasteiger charge is 2.25. The number of hydrogen-bond donors (Lipinski definition) is 3. The van der Waals surface area contributed by atoms with Crippen molar-refractivity contribution >= 4 is 46.4 Å². The first-order valence-electron chi connectivity index (χ1n) is 8.85. The first-order chi connectivity index (χ1) is 13.5. The molecule has 2 aromatic rings. The van der Waals surface area contributed by atoms with Crippen molar-refractivity contribution in [2.24, 2.45) is 0 Å². The molecule has 1 amide bonds. The summed E-state index contributed by atoms with van der Waals surface area (Å²) in [6.45, 7) is 1.43. The predicted octanol–water partition coefficient (Wildman–Crippen LogP) is 2.89. The number of amides is 1. The van der Waals surface area contributed by atoms with Crippen molar-refractivity contribution in [3.8, 4) is 5.75 Å². The Labute approximate surface area is 173 Å². The van der Waals surface area contributed by atoms with Crippen molar-refractivity contribution < 1.29 is 9.53 Å². The third kappa shape index (κ3) is 5.08. The molecule has 8 nitrogen and oxygen atoms in total. The number of carbonyl (C=O) groups excluding carboxylic acids is 1. The van der Waals surface area contributed by atoms with Gasteiger partial charge in [-0.1, -0.05) is 23.2 Å². The number of ether oxygens (including phenoxy) is 1. The van der Waals surface area contributed by atoms with Crippen LogP contribution in [0.3, 0.4) is 0 Å². The van der Waals surface area contributed by atoms with Gasteiger partial charge in [0.05, 0.1) is 13.7 Å². The number of benzene rings is 1. The van der Waals surface area contributed by atoms with Gasteiger partial charge in [-0.3, -0.25) is 4.79 Å². The van der Waals surface area contributed by atoms with E-state index in [1.54, 1.807) is 18.2 Å². The number of nitrogens with two attached hydrogens (primary N) is 1. The smallest absolute Gasteiger partial charge is 0.241 e. The molecule has 1 aliphatic heterocycles. The topological polar surface area (TPSA) is 105 Å². The second kappa shape index (κ2) is 9.16. The summed E-state index contributed by atoms with van der Waals surface area (Å²) in [5, 5.41) is 7.42. The third-order valence-corrected chi connectivity index (χ3v) is 4.89. The maximum absolute atomic E-state index is 12.6.